The second-order valence-electron chi connectivity index (χ2n) is 4.23. The predicted octanol–water partition coefficient (Wildman–Crippen LogP) is 1.36. The van der Waals surface area contributed by atoms with Gasteiger partial charge in [-0.15, -0.1) is 5.06 Å². The van der Waals surface area contributed by atoms with Crippen LogP contribution >= 0.6 is 0 Å². The lowest BCUT2D eigenvalue weighted by atomic mass is 10.2. The second kappa shape index (κ2) is 5.14. The van der Waals surface area contributed by atoms with Crippen LogP contribution in [0, 0.1) is 0 Å². The quantitative estimate of drug-likeness (QED) is 0.689. The molecule has 1 heterocycles. The number of benzene rings is 1. The number of carbonyl (C=O) groups excluding carboxylic acids is 1. The van der Waals surface area contributed by atoms with E-state index in [0.717, 1.165) is 31.4 Å². The second-order valence-corrected chi connectivity index (χ2v) is 4.23. The minimum absolute atomic E-state index is 0.00614. The molecule has 2 rings (SSSR count). The molecule has 6 nitrogen and oxygen atoms in total. The Hall–Kier alpha value is -1.95. The maximum Gasteiger partial charge on any atom is 0.357 e. The van der Waals surface area contributed by atoms with Gasteiger partial charge in [-0.25, -0.2) is 4.79 Å². The molecular weight excluding hydrogens is 238 g/mol. The lowest BCUT2D eigenvalue weighted by Gasteiger charge is -2.24. The number of nitrogens with zero attached hydrogens (tertiary/aromatic N) is 1. The summed E-state index contributed by atoms with van der Waals surface area (Å²) in [5.41, 5.74) is -0.00614. The van der Waals surface area contributed by atoms with Gasteiger partial charge < -0.3 is 20.2 Å². The van der Waals surface area contributed by atoms with Crippen LogP contribution in [0.5, 0.6) is 17.2 Å². The van der Waals surface area contributed by atoms with Crippen LogP contribution in [0.15, 0.2) is 12.1 Å². The molecule has 0 aromatic heterocycles. The van der Waals surface area contributed by atoms with Gasteiger partial charge in [0, 0.05) is 13.1 Å². The minimum Gasteiger partial charge on any atom is -0.504 e. The summed E-state index contributed by atoms with van der Waals surface area (Å²) in [7, 11) is 0. The summed E-state index contributed by atoms with van der Waals surface area (Å²) in [6.07, 6.45) is 3.06. The van der Waals surface area contributed by atoms with Crippen molar-refractivity contribution in [3.8, 4) is 17.2 Å². The van der Waals surface area contributed by atoms with Crippen LogP contribution in [0.1, 0.15) is 29.6 Å². The van der Waals surface area contributed by atoms with Crippen molar-refractivity contribution in [2.45, 2.75) is 19.3 Å². The average Bonchev–Trinajstić information content (AvgIpc) is 2.36. The summed E-state index contributed by atoms with van der Waals surface area (Å²) in [6, 6.07) is 2.11. The van der Waals surface area contributed by atoms with Gasteiger partial charge in [0.05, 0.1) is 5.56 Å². The van der Waals surface area contributed by atoms with Crippen molar-refractivity contribution >= 4 is 5.97 Å². The van der Waals surface area contributed by atoms with E-state index in [0.29, 0.717) is 13.1 Å². The number of rotatable bonds is 2. The maximum atomic E-state index is 11.8. The van der Waals surface area contributed by atoms with Crippen molar-refractivity contribution in [3.63, 3.8) is 0 Å². The number of aromatic hydroxyl groups is 3. The molecule has 3 N–H and O–H groups in total. The number of phenolic OH excluding ortho intramolecular Hbond substituents is 3. The van der Waals surface area contributed by atoms with Crippen molar-refractivity contribution in [2.24, 2.45) is 0 Å². The van der Waals surface area contributed by atoms with Crippen LogP contribution in [-0.4, -0.2) is 39.4 Å². The van der Waals surface area contributed by atoms with Crippen molar-refractivity contribution in [1.29, 1.82) is 0 Å². The zero-order valence-electron chi connectivity index (χ0n) is 9.80. The summed E-state index contributed by atoms with van der Waals surface area (Å²) in [4.78, 5) is 16.9. The van der Waals surface area contributed by atoms with E-state index in [1.165, 1.54) is 0 Å². The molecule has 6 heteroatoms. The number of hydrogen-bond acceptors (Lipinski definition) is 6. The molecule has 0 spiro atoms. The first-order valence-electron chi connectivity index (χ1n) is 5.80. The molecule has 0 unspecified atom stereocenters. The fraction of sp³-hybridized carbons (Fsp3) is 0.417. The molecule has 0 bridgehead atoms. The third-order valence-corrected chi connectivity index (χ3v) is 2.83. The van der Waals surface area contributed by atoms with E-state index in [1.807, 2.05) is 0 Å². The van der Waals surface area contributed by atoms with Gasteiger partial charge in [0.1, 0.15) is 0 Å². The maximum absolute atomic E-state index is 11.8. The Balaban J connectivity index is 2.08. The van der Waals surface area contributed by atoms with Crippen molar-refractivity contribution in [3.05, 3.63) is 17.7 Å². The number of hydroxylamine groups is 2. The van der Waals surface area contributed by atoms with Gasteiger partial charge in [-0.3, -0.25) is 0 Å². The molecule has 0 amide bonds. The Morgan fingerprint density at radius 1 is 1.06 bits per heavy atom. The zero-order valence-corrected chi connectivity index (χ0v) is 9.80. The van der Waals surface area contributed by atoms with Gasteiger partial charge in [-0.05, 0) is 25.0 Å². The molecule has 0 saturated carbocycles. The molecule has 0 aliphatic carbocycles. The first-order valence-corrected chi connectivity index (χ1v) is 5.80. The standard InChI is InChI=1S/C12H15NO5/c14-9-6-8(7-10(15)11(9)16)12(17)18-13-4-2-1-3-5-13/h6-7,14-16H,1-5H2. The van der Waals surface area contributed by atoms with Crippen LogP contribution < -0.4 is 0 Å². The molecule has 0 atom stereocenters. The fourth-order valence-corrected chi connectivity index (χ4v) is 1.85. The molecular formula is C12H15NO5. The topological polar surface area (TPSA) is 90.2 Å². The van der Waals surface area contributed by atoms with E-state index in [1.54, 1.807) is 5.06 Å². The highest BCUT2D eigenvalue weighted by Gasteiger charge is 2.19. The summed E-state index contributed by atoms with van der Waals surface area (Å²) in [6.45, 7) is 1.36. The van der Waals surface area contributed by atoms with E-state index in [4.69, 9.17) is 4.84 Å². The Morgan fingerprint density at radius 3 is 2.17 bits per heavy atom. The number of hydrogen-bond donors (Lipinski definition) is 3. The van der Waals surface area contributed by atoms with Crippen LogP contribution in [0.2, 0.25) is 0 Å². The van der Waals surface area contributed by atoms with Crippen LogP contribution in [0.4, 0.5) is 0 Å². The van der Waals surface area contributed by atoms with Gasteiger partial charge in [0.25, 0.3) is 0 Å². The highest BCUT2D eigenvalue weighted by Crippen LogP contribution is 2.35. The molecule has 18 heavy (non-hydrogen) atoms. The van der Waals surface area contributed by atoms with Crippen LogP contribution in [0.3, 0.4) is 0 Å². The Kier molecular flexibility index (Phi) is 3.57. The molecule has 1 aliphatic heterocycles. The lowest BCUT2D eigenvalue weighted by molar-refractivity contribution is -0.119. The number of piperidine rings is 1. The highest BCUT2D eigenvalue weighted by molar-refractivity contribution is 5.90. The van der Waals surface area contributed by atoms with Gasteiger partial charge >= 0.3 is 5.97 Å². The van der Waals surface area contributed by atoms with E-state index in [9.17, 15) is 20.1 Å². The Bertz CT molecular complexity index is 431. The number of phenols is 3. The van der Waals surface area contributed by atoms with Gasteiger partial charge in [-0.2, -0.15) is 0 Å². The average molecular weight is 253 g/mol. The molecule has 1 saturated heterocycles. The third-order valence-electron chi connectivity index (χ3n) is 2.83. The summed E-state index contributed by atoms with van der Waals surface area (Å²) >= 11 is 0. The Morgan fingerprint density at radius 2 is 1.61 bits per heavy atom. The molecule has 1 fully saturated rings. The molecule has 1 aromatic rings. The van der Waals surface area contributed by atoms with Gasteiger partial charge in [0.15, 0.2) is 17.2 Å². The smallest absolute Gasteiger partial charge is 0.357 e. The van der Waals surface area contributed by atoms with Crippen molar-refractivity contribution in [2.75, 3.05) is 13.1 Å². The first kappa shape index (κ1) is 12.5. The van der Waals surface area contributed by atoms with Crippen LogP contribution in [-0.2, 0) is 4.84 Å². The normalized spacial score (nSPS) is 16.4. The van der Waals surface area contributed by atoms with Crippen LogP contribution in [0.25, 0.3) is 0 Å². The van der Waals surface area contributed by atoms with Crippen molar-refractivity contribution in [1.82, 2.24) is 5.06 Å². The van der Waals surface area contributed by atoms with E-state index in [2.05, 4.69) is 0 Å². The summed E-state index contributed by atoms with van der Waals surface area (Å²) in [5.74, 6) is -2.42. The zero-order chi connectivity index (χ0) is 13.1. The van der Waals surface area contributed by atoms with Crippen molar-refractivity contribution < 1.29 is 25.0 Å². The van der Waals surface area contributed by atoms with E-state index < -0.39 is 23.2 Å². The summed E-state index contributed by atoms with van der Waals surface area (Å²) in [5, 5.41) is 29.3. The largest absolute Gasteiger partial charge is 0.504 e. The predicted molar refractivity (Wildman–Crippen MR) is 62.3 cm³/mol. The van der Waals surface area contributed by atoms with Gasteiger partial charge in [-0.1, -0.05) is 6.42 Å². The highest BCUT2D eigenvalue weighted by atomic mass is 16.7. The van der Waals surface area contributed by atoms with E-state index >= 15 is 0 Å². The fourth-order valence-electron chi connectivity index (χ4n) is 1.85. The molecule has 1 aliphatic rings. The SMILES string of the molecule is O=C(ON1CCCCC1)c1cc(O)c(O)c(O)c1. The van der Waals surface area contributed by atoms with Gasteiger partial charge in [0.2, 0.25) is 0 Å². The first-order chi connectivity index (χ1) is 8.58. The monoisotopic (exact) mass is 253 g/mol. The third kappa shape index (κ3) is 2.65. The molecule has 1 aromatic carbocycles. The summed E-state index contributed by atoms with van der Waals surface area (Å²) < 4.78 is 0. The number of carbonyl (C=O) groups is 1. The van der Waals surface area contributed by atoms with E-state index in [-0.39, 0.29) is 5.56 Å². The molecule has 98 valence electrons. The molecule has 0 radical (unpaired) electrons. The minimum atomic E-state index is -0.664. The lowest BCUT2D eigenvalue weighted by Crippen LogP contribution is -2.32. The Labute approximate surface area is 104 Å².